The molecule has 88 valence electrons. The second kappa shape index (κ2) is 5.25. The Labute approximate surface area is 91.9 Å². The number of hydrogen-bond acceptors (Lipinski definition) is 4. The Kier molecular flexibility index (Phi) is 3.97. The first-order chi connectivity index (χ1) is 7.35. The zero-order chi connectivity index (χ0) is 10.6. The minimum atomic E-state index is 0.188. The molecule has 2 fully saturated rings. The van der Waals surface area contributed by atoms with Gasteiger partial charge in [-0.15, -0.1) is 0 Å². The molecule has 0 saturated carbocycles. The second-order valence-corrected chi connectivity index (χ2v) is 4.77. The van der Waals surface area contributed by atoms with Crippen LogP contribution in [0.15, 0.2) is 0 Å². The Morgan fingerprint density at radius 3 is 2.53 bits per heavy atom. The van der Waals surface area contributed by atoms with Crippen molar-refractivity contribution < 1.29 is 4.74 Å². The van der Waals surface area contributed by atoms with Crippen LogP contribution in [0.1, 0.15) is 25.7 Å². The van der Waals surface area contributed by atoms with Gasteiger partial charge in [0.05, 0.1) is 0 Å². The van der Waals surface area contributed by atoms with E-state index >= 15 is 0 Å². The van der Waals surface area contributed by atoms with Crippen molar-refractivity contribution in [2.75, 3.05) is 32.8 Å². The first-order valence-corrected chi connectivity index (χ1v) is 6.11. The topological polar surface area (TPSA) is 59.3 Å². The summed E-state index contributed by atoms with van der Waals surface area (Å²) in [7, 11) is 0. The van der Waals surface area contributed by atoms with Crippen LogP contribution < -0.4 is 16.4 Å². The maximum atomic E-state index is 5.93. The molecular formula is C11H23N3O. The Hall–Kier alpha value is -0.160. The Morgan fingerprint density at radius 1 is 1.27 bits per heavy atom. The first-order valence-electron chi connectivity index (χ1n) is 6.11. The molecule has 2 rings (SSSR count). The standard InChI is InChI=1S/C11H23N3O/c12-9-11(3-5-13-6-4-11)14-10-1-7-15-8-2-10/h10,13-14H,1-9,12H2. The monoisotopic (exact) mass is 213 g/mol. The van der Waals surface area contributed by atoms with Gasteiger partial charge in [0.25, 0.3) is 0 Å². The highest BCUT2D eigenvalue weighted by molar-refractivity contribution is 4.95. The third-order valence-electron chi connectivity index (χ3n) is 3.68. The van der Waals surface area contributed by atoms with E-state index in [2.05, 4.69) is 10.6 Å². The van der Waals surface area contributed by atoms with Crippen LogP contribution >= 0.6 is 0 Å². The summed E-state index contributed by atoms with van der Waals surface area (Å²) < 4.78 is 5.37. The van der Waals surface area contributed by atoms with Crippen LogP contribution in [-0.2, 0) is 4.74 Å². The molecule has 4 nitrogen and oxygen atoms in total. The van der Waals surface area contributed by atoms with Crippen molar-refractivity contribution in [2.24, 2.45) is 5.73 Å². The third kappa shape index (κ3) is 2.91. The van der Waals surface area contributed by atoms with Crippen molar-refractivity contribution in [3.63, 3.8) is 0 Å². The molecule has 0 aromatic carbocycles. The van der Waals surface area contributed by atoms with Gasteiger partial charge in [-0.1, -0.05) is 0 Å². The van der Waals surface area contributed by atoms with E-state index in [1.807, 2.05) is 0 Å². The van der Waals surface area contributed by atoms with E-state index in [4.69, 9.17) is 10.5 Å². The fraction of sp³-hybridized carbons (Fsp3) is 1.00. The summed E-state index contributed by atoms with van der Waals surface area (Å²) >= 11 is 0. The van der Waals surface area contributed by atoms with Gasteiger partial charge in [0.2, 0.25) is 0 Å². The first kappa shape index (κ1) is 11.3. The molecule has 0 aromatic heterocycles. The second-order valence-electron chi connectivity index (χ2n) is 4.77. The van der Waals surface area contributed by atoms with Gasteiger partial charge >= 0.3 is 0 Å². The van der Waals surface area contributed by atoms with E-state index < -0.39 is 0 Å². The highest BCUT2D eigenvalue weighted by atomic mass is 16.5. The molecule has 2 heterocycles. The Bertz CT molecular complexity index is 186. The lowest BCUT2D eigenvalue weighted by molar-refractivity contribution is 0.0642. The number of rotatable bonds is 3. The van der Waals surface area contributed by atoms with Gasteiger partial charge in [-0.2, -0.15) is 0 Å². The van der Waals surface area contributed by atoms with Gasteiger partial charge in [0, 0.05) is 31.3 Å². The average molecular weight is 213 g/mol. The molecule has 0 aliphatic carbocycles. The minimum absolute atomic E-state index is 0.188. The number of hydrogen-bond donors (Lipinski definition) is 3. The normalized spacial score (nSPS) is 27.8. The molecular weight excluding hydrogens is 190 g/mol. The van der Waals surface area contributed by atoms with Crippen LogP contribution in [0.2, 0.25) is 0 Å². The van der Waals surface area contributed by atoms with Crippen molar-refractivity contribution in [3.8, 4) is 0 Å². The lowest BCUT2D eigenvalue weighted by Gasteiger charge is -2.41. The zero-order valence-corrected chi connectivity index (χ0v) is 9.43. The lowest BCUT2D eigenvalue weighted by Crippen LogP contribution is -2.60. The van der Waals surface area contributed by atoms with E-state index in [0.717, 1.165) is 58.5 Å². The molecule has 0 aromatic rings. The van der Waals surface area contributed by atoms with Gasteiger partial charge in [0.1, 0.15) is 0 Å². The van der Waals surface area contributed by atoms with E-state index in [1.54, 1.807) is 0 Å². The van der Waals surface area contributed by atoms with Crippen LogP contribution in [0, 0.1) is 0 Å². The summed E-state index contributed by atoms with van der Waals surface area (Å²) in [5.74, 6) is 0. The molecule has 15 heavy (non-hydrogen) atoms. The maximum absolute atomic E-state index is 5.93. The summed E-state index contributed by atoms with van der Waals surface area (Å²) in [6.45, 7) is 4.74. The molecule has 4 N–H and O–H groups in total. The quantitative estimate of drug-likeness (QED) is 0.609. The molecule has 2 saturated heterocycles. The summed E-state index contributed by atoms with van der Waals surface area (Å²) in [5.41, 5.74) is 6.12. The van der Waals surface area contributed by atoms with Crippen molar-refractivity contribution in [1.82, 2.24) is 10.6 Å². The predicted octanol–water partition coefficient (Wildman–Crippen LogP) is -0.164. The molecule has 2 aliphatic rings. The smallest absolute Gasteiger partial charge is 0.0480 e. The van der Waals surface area contributed by atoms with Crippen molar-refractivity contribution in [3.05, 3.63) is 0 Å². The molecule has 2 aliphatic heterocycles. The van der Waals surface area contributed by atoms with E-state index in [9.17, 15) is 0 Å². The third-order valence-corrected chi connectivity index (χ3v) is 3.68. The van der Waals surface area contributed by atoms with Gasteiger partial charge in [0.15, 0.2) is 0 Å². The van der Waals surface area contributed by atoms with Crippen LogP contribution in [0.25, 0.3) is 0 Å². The SMILES string of the molecule is NCC1(NC2CCOCC2)CCNCC1. The molecule has 0 radical (unpaired) electrons. The lowest BCUT2D eigenvalue weighted by atomic mass is 9.86. The van der Waals surface area contributed by atoms with Gasteiger partial charge in [-0.3, -0.25) is 0 Å². The molecule has 0 spiro atoms. The number of nitrogens with two attached hydrogens (primary N) is 1. The number of ether oxygens (including phenoxy) is 1. The highest BCUT2D eigenvalue weighted by Gasteiger charge is 2.32. The van der Waals surface area contributed by atoms with E-state index in [1.165, 1.54) is 0 Å². The molecule has 0 bridgehead atoms. The van der Waals surface area contributed by atoms with Crippen LogP contribution in [0.5, 0.6) is 0 Å². The van der Waals surface area contributed by atoms with Crippen molar-refractivity contribution in [1.29, 1.82) is 0 Å². The largest absolute Gasteiger partial charge is 0.381 e. The number of piperidine rings is 1. The summed E-state index contributed by atoms with van der Waals surface area (Å²) in [6, 6.07) is 0.611. The van der Waals surface area contributed by atoms with Gasteiger partial charge in [-0.25, -0.2) is 0 Å². The number of nitrogens with one attached hydrogen (secondary N) is 2. The van der Waals surface area contributed by atoms with Gasteiger partial charge < -0.3 is 21.1 Å². The maximum Gasteiger partial charge on any atom is 0.0480 e. The van der Waals surface area contributed by atoms with Crippen molar-refractivity contribution >= 4 is 0 Å². The molecule has 0 atom stereocenters. The van der Waals surface area contributed by atoms with E-state index in [-0.39, 0.29) is 5.54 Å². The van der Waals surface area contributed by atoms with Crippen LogP contribution in [0.4, 0.5) is 0 Å². The molecule has 4 heteroatoms. The average Bonchev–Trinajstić information content (AvgIpc) is 2.32. The van der Waals surface area contributed by atoms with Crippen molar-refractivity contribution in [2.45, 2.75) is 37.3 Å². The van der Waals surface area contributed by atoms with Crippen LogP contribution in [-0.4, -0.2) is 44.4 Å². The molecule has 0 amide bonds. The van der Waals surface area contributed by atoms with E-state index in [0.29, 0.717) is 6.04 Å². The predicted molar refractivity (Wildman–Crippen MR) is 60.9 cm³/mol. The summed E-state index contributed by atoms with van der Waals surface area (Å²) in [5, 5.41) is 7.17. The zero-order valence-electron chi connectivity index (χ0n) is 9.43. The Morgan fingerprint density at radius 2 is 1.93 bits per heavy atom. The molecule has 0 unspecified atom stereocenters. The Balaban J connectivity index is 1.87. The highest BCUT2D eigenvalue weighted by Crippen LogP contribution is 2.20. The van der Waals surface area contributed by atoms with Crippen LogP contribution in [0.3, 0.4) is 0 Å². The fourth-order valence-electron chi connectivity index (χ4n) is 2.59. The summed E-state index contributed by atoms with van der Waals surface area (Å²) in [4.78, 5) is 0. The summed E-state index contributed by atoms with van der Waals surface area (Å²) in [6.07, 6.45) is 4.58. The fourth-order valence-corrected chi connectivity index (χ4v) is 2.59. The van der Waals surface area contributed by atoms with Gasteiger partial charge in [-0.05, 0) is 38.8 Å². The minimum Gasteiger partial charge on any atom is -0.381 e.